The molecule has 2 fully saturated rings. The minimum Gasteiger partial charge on any atom is -0.481 e. The topological polar surface area (TPSA) is 134 Å². The van der Waals surface area contributed by atoms with E-state index in [0.29, 0.717) is 0 Å². The first-order valence-electron chi connectivity index (χ1n) is 10.8. The van der Waals surface area contributed by atoms with Crippen molar-refractivity contribution in [2.45, 2.75) is 30.5 Å². The molecule has 0 saturated carbocycles. The molecule has 33 heavy (non-hydrogen) atoms. The van der Waals surface area contributed by atoms with Crippen molar-refractivity contribution in [3.8, 4) is 11.1 Å². The van der Waals surface area contributed by atoms with Crippen LogP contribution in [-0.2, 0) is 19.1 Å². The first kappa shape index (κ1) is 21.1. The molecule has 2 amide bonds. The number of carbonyl (C=O) groups is 4. The number of hydrogen-bond acceptors (Lipinski definition) is 6. The molecule has 2 aromatic rings. The minimum absolute atomic E-state index is 0.0889. The van der Waals surface area contributed by atoms with Gasteiger partial charge in [-0.3, -0.25) is 14.4 Å². The number of nitrogens with one attached hydrogen (secondary N) is 3. The van der Waals surface area contributed by atoms with E-state index < -0.39 is 48.4 Å². The molecule has 2 heterocycles. The molecule has 1 aliphatic carbocycles. The van der Waals surface area contributed by atoms with Crippen LogP contribution in [0.15, 0.2) is 48.5 Å². The summed E-state index contributed by atoms with van der Waals surface area (Å²) in [7, 11) is 0. The molecule has 4 N–H and O–H groups in total. The van der Waals surface area contributed by atoms with E-state index in [1.54, 1.807) is 0 Å². The van der Waals surface area contributed by atoms with Gasteiger partial charge in [-0.15, -0.1) is 0 Å². The van der Waals surface area contributed by atoms with E-state index in [2.05, 4.69) is 28.1 Å². The molecule has 2 aliphatic heterocycles. The number of hydrogen-bond donors (Lipinski definition) is 4. The molecule has 2 saturated heterocycles. The van der Waals surface area contributed by atoms with Crippen LogP contribution in [0.5, 0.6) is 0 Å². The molecule has 0 aromatic heterocycles. The van der Waals surface area contributed by atoms with Gasteiger partial charge in [-0.1, -0.05) is 48.5 Å². The summed E-state index contributed by atoms with van der Waals surface area (Å²) in [6, 6.07) is 13.5. The van der Waals surface area contributed by atoms with Gasteiger partial charge in [-0.25, -0.2) is 4.79 Å². The molecular weight excluding hydrogens is 426 g/mol. The Morgan fingerprint density at radius 1 is 1.03 bits per heavy atom. The second kappa shape index (κ2) is 8.32. The van der Waals surface area contributed by atoms with Crippen molar-refractivity contribution in [1.82, 2.24) is 16.0 Å². The minimum atomic E-state index is -1.17. The summed E-state index contributed by atoms with van der Waals surface area (Å²) in [5.74, 6) is -2.92. The predicted molar refractivity (Wildman–Crippen MR) is 116 cm³/mol. The number of piperidine rings is 1. The smallest absolute Gasteiger partial charge is 0.407 e. The lowest BCUT2D eigenvalue weighted by atomic mass is 9.85. The van der Waals surface area contributed by atoms with Gasteiger partial charge < -0.3 is 25.8 Å². The van der Waals surface area contributed by atoms with E-state index in [-0.39, 0.29) is 24.9 Å². The number of ketones is 1. The highest BCUT2D eigenvalue weighted by Crippen LogP contribution is 2.44. The van der Waals surface area contributed by atoms with Gasteiger partial charge in [0.05, 0.1) is 30.5 Å². The molecule has 0 radical (unpaired) electrons. The van der Waals surface area contributed by atoms with Gasteiger partial charge in [0, 0.05) is 12.5 Å². The lowest BCUT2D eigenvalue weighted by Gasteiger charge is -2.32. The zero-order chi connectivity index (χ0) is 23.1. The quantitative estimate of drug-likeness (QED) is 0.536. The van der Waals surface area contributed by atoms with Crippen LogP contribution in [0.3, 0.4) is 0 Å². The third-order valence-electron chi connectivity index (χ3n) is 6.65. The average Bonchev–Trinajstić information content (AvgIpc) is 3.35. The van der Waals surface area contributed by atoms with Gasteiger partial charge in [-0.2, -0.15) is 0 Å². The Kier molecular flexibility index (Phi) is 5.33. The molecule has 0 spiro atoms. The van der Waals surface area contributed by atoms with Crippen molar-refractivity contribution in [3.63, 3.8) is 0 Å². The van der Waals surface area contributed by atoms with Crippen LogP contribution in [0, 0.1) is 5.92 Å². The van der Waals surface area contributed by atoms with Crippen molar-refractivity contribution in [1.29, 1.82) is 0 Å². The Labute approximate surface area is 189 Å². The highest BCUT2D eigenvalue weighted by molar-refractivity contribution is 6.03. The fourth-order valence-electron chi connectivity index (χ4n) is 5.17. The Bertz CT molecular complexity index is 1100. The Hall–Kier alpha value is -3.72. The molecule has 9 nitrogen and oxygen atoms in total. The SMILES string of the molecule is O=C(O)CC1NC(=O)C2C(NC(=O)OCC3c4ccccc4-c4ccccc43)CNC2C1=O. The highest BCUT2D eigenvalue weighted by Gasteiger charge is 2.51. The number of ether oxygens (including phenoxy) is 1. The summed E-state index contributed by atoms with van der Waals surface area (Å²) >= 11 is 0. The number of carboxylic acid groups (broad SMARTS) is 1. The molecule has 170 valence electrons. The monoisotopic (exact) mass is 449 g/mol. The van der Waals surface area contributed by atoms with Crippen molar-refractivity contribution in [2.75, 3.05) is 13.2 Å². The van der Waals surface area contributed by atoms with Gasteiger partial charge in [0.1, 0.15) is 6.61 Å². The predicted octanol–water partition coefficient (Wildman–Crippen LogP) is 1.02. The van der Waals surface area contributed by atoms with Crippen LogP contribution < -0.4 is 16.0 Å². The summed E-state index contributed by atoms with van der Waals surface area (Å²) in [5, 5.41) is 17.1. The van der Waals surface area contributed by atoms with Gasteiger partial charge in [0.15, 0.2) is 5.78 Å². The summed E-state index contributed by atoms with van der Waals surface area (Å²) in [6.45, 7) is 0.346. The van der Waals surface area contributed by atoms with Crippen LogP contribution >= 0.6 is 0 Å². The number of benzene rings is 2. The second-order valence-electron chi connectivity index (χ2n) is 8.55. The van der Waals surface area contributed by atoms with Crippen molar-refractivity contribution >= 4 is 23.8 Å². The average molecular weight is 449 g/mol. The molecule has 2 aromatic carbocycles. The molecule has 3 aliphatic rings. The number of rotatable bonds is 5. The third-order valence-corrected chi connectivity index (χ3v) is 6.65. The van der Waals surface area contributed by atoms with Crippen molar-refractivity contribution in [3.05, 3.63) is 59.7 Å². The van der Waals surface area contributed by atoms with Crippen LogP contribution in [-0.4, -0.2) is 60.1 Å². The highest BCUT2D eigenvalue weighted by atomic mass is 16.5. The van der Waals surface area contributed by atoms with Gasteiger partial charge in [0.25, 0.3) is 0 Å². The second-order valence-corrected chi connectivity index (χ2v) is 8.55. The molecule has 0 bridgehead atoms. The third kappa shape index (κ3) is 3.74. The number of Topliss-reactive ketones (excluding diaryl/α,β-unsaturated/α-hetero) is 1. The fraction of sp³-hybridized carbons (Fsp3) is 0.333. The Morgan fingerprint density at radius 2 is 1.67 bits per heavy atom. The lowest BCUT2D eigenvalue weighted by Crippen LogP contribution is -2.61. The molecule has 4 unspecified atom stereocenters. The number of aliphatic carboxylic acids is 1. The van der Waals surface area contributed by atoms with E-state index in [0.717, 1.165) is 22.3 Å². The zero-order valence-electron chi connectivity index (χ0n) is 17.6. The van der Waals surface area contributed by atoms with E-state index >= 15 is 0 Å². The fourth-order valence-corrected chi connectivity index (χ4v) is 5.17. The Morgan fingerprint density at radius 3 is 2.30 bits per heavy atom. The van der Waals surface area contributed by atoms with Crippen LogP contribution in [0.4, 0.5) is 4.79 Å². The van der Waals surface area contributed by atoms with Crippen molar-refractivity contribution < 1.29 is 29.0 Å². The number of carboxylic acids is 1. The summed E-state index contributed by atoms with van der Waals surface area (Å²) in [5.41, 5.74) is 4.43. The maximum Gasteiger partial charge on any atom is 0.407 e. The van der Waals surface area contributed by atoms with Gasteiger partial charge in [-0.05, 0) is 22.3 Å². The lowest BCUT2D eigenvalue weighted by molar-refractivity contribution is -0.144. The molecule has 4 atom stereocenters. The van der Waals surface area contributed by atoms with Gasteiger partial charge >= 0.3 is 12.1 Å². The molecular formula is C24H23N3O6. The van der Waals surface area contributed by atoms with Gasteiger partial charge in [0.2, 0.25) is 5.91 Å². The Balaban J connectivity index is 1.24. The number of fused-ring (bicyclic) bond motifs is 4. The molecule has 5 rings (SSSR count). The van der Waals surface area contributed by atoms with Crippen LogP contribution in [0.25, 0.3) is 11.1 Å². The van der Waals surface area contributed by atoms with Crippen molar-refractivity contribution in [2.24, 2.45) is 5.92 Å². The number of amides is 2. The maximum absolute atomic E-state index is 12.6. The van der Waals surface area contributed by atoms with E-state index in [1.165, 1.54) is 0 Å². The zero-order valence-corrected chi connectivity index (χ0v) is 17.6. The summed E-state index contributed by atoms with van der Waals surface area (Å²) < 4.78 is 5.54. The van der Waals surface area contributed by atoms with Crippen LogP contribution in [0.1, 0.15) is 23.5 Å². The molecule has 9 heteroatoms. The standard InChI is InChI=1S/C24H23N3O6/c28-19(29)9-17-22(30)21-20(23(31)26-17)18(10-25-21)27-24(32)33-11-16-14-7-3-1-5-12(14)13-6-2-4-8-15(13)16/h1-8,16-18,20-21,25H,9-11H2,(H,26,31)(H,27,32)(H,28,29). The number of alkyl carbamates (subject to hydrolysis) is 1. The largest absolute Gasteiger partial charge is 0.481 e. The summed E-state index contributed by atoms with van der Waals surface area (Å²) in [4.78, 5) is 48.7. The number of carbonyl (C=O) groups excluding carboxylic acids is 3. The van der Waals surface area contributed by atoms with Crippen LogP contribution in [0.2, 0.25) is 0 Å². The van der Waals surface area contributed by atoms with E-state index in [1.807, 2.05) is 36.4 Å². The first-order valence-corrected chi connectivity index (χ1v) is 10.8. The van der Waals surface area contributed by atoms with E-state index in [4.69, 9.17) is 9.84 Å². The normalized spacial score (nSPS) is 25.6. The first-order chi connectivity index (χ1) is 15.9. The maximum atomic E-state index is 12.6. The summed E-state index contributed by atoms with van der Waals surface area (Å²) in [6.07, 6.45) is -1.14. The van der Waals surface area contributed by atoms with E-state index in [9.17, 15) is 19.2 Å².